The molecule has 2 unspecified atom stereocenters. The first-order valence-corrected chi connectivity index (χ1v) is 21.0. The number of carbonyl (C=O) groups excluding carboxylic acids is 6. The number of hydrogen-bond acceptors (Lipinski definition) is 14. The van der Waals surface area contributed by atoms with E-state index in [0.29, 0.717) is 11.1 Å². The molecule has 1 amide bonds. The summed E-state index contributed by atoms with van der Waals surface area (Å²) in [4.78, 5) is 84.3. The number of hydrogen-bond donors (Lipinski definition) is 4. The number of ether oxygens (including phenoxy) is 5. The number of aliphatic hydroxyl groups excluding tert-OH is 1. The Morgan fingerprint density at radius 3 is 2.03 bits per heavy atom. The van der Waals surface area contributed by atoms with Crippen molar-refractivity contribution in [2.24, 2.45) is 16.7 Å². The summed E-state index contributed by atoms with van der Waals surface area (Å²) in [6.07, 6.45) is -8.74. The number of benzene rings is 3. The summed E-state index contributed by atoms with van der Waals surface area (Å²) in [7, 11) is 0. The molecule has 1 heterocycles. The van der Waals surface area contributed by atoms with Gasteiger partial charge in [0.25, 0.3) is 5.91 Å². The van der Waals surface area contributed by atoms with Crippen LogP contribution in [0.5, 0.6) is 0 Å². The highest BCUT2D eigenvalue weighted by Crippen LogP contribution is 2.64. The summed E-state index contributed by atoms with van der Waals surface area (Å²) in [6.45, 7) is 8.04. The Bertz CT molecular complexity index is 2420. The number of nitrogens with one attached hydrogen (secondary N) is 1. The number of carbonyl (C=O) groups is 6. The van der Waals surface area contributed by atoms with Crippen LogP contribution in [0, 0.1) is 16.7 Å². The number of esters is 4. The molecule has 0 aromatic heterocycles. The van der Waals surface area contributed by atoms with Crippen LogP contribution >= 0.6 is 0 Å². The van der Waals surface area contributed by atoms with Crippen molar-refractivity contribution in [3.63, 3.8) is 0 Å². The Kier molecular flexibility index (Phi) is 10.8. The maximum absolute atomic E-state index is 15.6. The number of fused-ring (bicyclic) bond motifs is 6. The van der Waals surface area contributed by atoms with Gasteiger partial charge in [-0.2, -0.15) is 0 Å². The molecule has 3 aromatic rings. The molecule has 2 saturated carbocycles. The van der Waals surface area contributed by atoms with E-state index < -0.39 is 112 Å². The Morgan fingerprint density at radius 2 is 1.43 bits per heavy atom. The van der Waals surface area contributed by atoms with Crippen molar-refractivity contribution in [1.82, 2.24) is 5.32 Å². The van der Waals surface area contributed by atoms with Crippen molar-refractivity contribution in [2.45, 2.75) is 114 Å². The van der Waals surface area contributed by atoms with Gasteiger partial charge in [-0.15, -0.1) is 0 Å². The summed E-state index contributed by atoms with van der Waals surface area (Å²) < 4.78 is 30.6. The third-order valence-corrected chi connectivity index (χ3v) is 14.4. The zero-order valence-corrected chi connectivity index (χ0v) is 35.8. The summed E-state index contributed by atoms with van der Waals surface area (Å²) >= 11 is 0. The topological polar surface area (TPSA) is 221 Å². The second-order valence-corrected chi connectivity index (χ2v) is 18.2. The molecule has 0 spiro atoms. The maximum Gasteiger partial charge on any atom is 0.341 e. The molecule has 0 radical (unpaired) electrons. The second-order valence-electron chi connectivity index (χ2n) is 18.2. The van der Waals surface area contributed by atoms with Gasteiger partial charge < -0.3 is 44.3 Å². The van der Waals surface area contributed by atoms with E-state index in [0.717, 1.165) is 13.8 Å². The molecule has 3 fully saturated rings. The molecule has 63 heavy (non-hydrogen) atoms. The van der Waals surface area contributed by atoms with E-state index in [9.17, 15) is 39.3 Å². The van der Waals surface area contributed by atoms with E-state index in [1.165, 1.54) is 19.1 Å². The molecule has 4 N–H and O–H groups in total. The standard InChI is InChI=1S/C48H51NO14/c1-25-32(61-43(56)46(57)22-30-19-13-14-20-31(30)38(46)49-41(54)28-15-9-7-10-16-28)23-48(58)40(62-42(55)29-17-11-8-12-18-29)37-45(6,33(52)21-34-47(37,24-59-34)63-27(3)51)39(53)36(60-26(2)50)35(25)44(48,4)5/h7-20,32-34,36-38,40,52,57-58H,21-24H2,1-6H3,(H,49,54)/t32-,33-,34+,36+,37?,38-,40?,45+,46+,47-,48+/m0/s1. The zero-order chi connectivity index (χ0) is 45.4. The summed E-state index contributed by atoms with van der Waals surface area (Å²) in [5.74, 6) is -6.75. The lowest BCUT2D eigenvalue weighted by Gasteiger charge is -2.67. The summed E-state index contributed by atoms with van der Waals surface area (Å²) in [6, 6.07) is 21.7. The van der Waals surface area contributed by atoms with Crippen LogP contribution in [0.3, 0.4) is 0 Å². The van der Waals surface area contributed by atoms with Gasteiger partial charge in [0.15, 0.2) is 23.1 Å². The van der Waals surface area contributed by atoms with Crippen molar-refractivity contribution in [3.05, 3.63) is 118 Å². The molecular weight excluding hydrogens is 815 g/mol. The van der Waals surface area contributed by atoms with Crippen LogP contribution in [-0.2, 0) is 49.3 Å². The highest BCUT2D eigenvalue weighted by atomic mass is 16.6. The smallest absolute Gasteiger partial charge is 0.341 e. The van der Waals surface area contributed by atoms with E-state index in [-0.39, 0.29) is 41.7 Å². The largest absolute Gasteiger partial charge is 0.456 e. The number of rotatable bonds is 8. The molecule has 1 aliphatic heterocycles. The molecule has 11 atom stereocenters. The zero-order valence-electron chi connectivity index (χ0n) is 35.8. The second kappa shape index (κ2) is 15.5. The van der Waals surface area contributed by atoms with E-state index >= 15 is 4.79 Å². The van der Waals surface area contributed by atoms with Gasteiger partial charge in [-0.05, 0) is 60.4 Å². The number of Topliss-reactive ketones (excluding diaryl/α,β-unsaturated/α-hetero) is 1. The Hall–Kier alpha value is -5.74. The van der Waals surface area contributed by atoms with E-state index in [1.54, 1.807) is 93.6 Å². The minimum Gasteiger partial charge on any atom is -0.456 e. The first-order chi connectivity index (χ1) is 29.7. The van der Waals surface area contributed by atoms with Gasteiger partial charge in [0, 0.05) is 44.1 Å². The maximum atomic E-state index is 15.6. The molecule has 2 bridgehead atoms. The highest BCUT2D eigenvalue weighted by molar-refractivity contribution is 5.97. The van der Waals surface area contributed by atoms with Gasteiger partial charge in [-0.1, -0.05) is 74.5 Å². The van der Waals surface area contributed by atoms with Gasteiger partial charge in [0.2, 0.25) is 0 Å². The fourth-order valence-corrected chi connectivity index (χ4v) is 11.1. The molecular formula is C48H51NO14. The Morgan fingerprint density at radius 1 is 0.810 bits per heavy atom. The first-order valence-electron chi connectivity index (χ1n) is 21.0. The number of aliphatic hydroxyl groups is 3. The molecule has 15 heteroatoms. The first kappa shape index (κ1) is 43.9. The average Bonchev–Trinajstić information content (AvgIpc) is 3.53. The summed E-state index contributed by atoms with van der Waals surface area (Å²) in [5.41, 5.74) is -8.71. The van der Waals surface area contributed by atoms with Gasteiger partial charge >= 0.3 is 23.9 Å². The quantitative estimate of drug-likeness (QED) is 0.144. The third-order valence-electron chi connectivity index (χ3n) is 14.4. The minimum absolute atomic E-state index is 0.00559. The fourth-order valence-electron chi connectivity index (χ4n) is 11.1. The van der Waals surface area contributed by atoms with Crippen LogP contribution in [-0.4, -0.2) is 105 Å². The molecule has 332 valence electrons. The summed E-state index contributed by atoms with van der Waals surface area (Å²) in [5, 5.41) is 41.2. The monoisotopic (exact) mass is 865 g/mol. The van der Waals surface area contributed by atoms with Crippen LogP contribution < -0.4 is 5.32 Å². The van der Waals surface area contributed by atoms with Crippen molar-refractivity contribution in [1.29, 1.82) is 0 Å². The lowest BCUT2D eigenvalue weighted by Crippen LogP contribution is -2.82. The van der Waals surface area contributed by atoms with Crippen LogP contribution in [0.2, 0.25) is 0 Å². The van der Waals surface area contributed by atoms with Crippen LogP contribution in [0.1, 0.15) is 92.3 Å². The predicted molar refractivity (Wildman–Crippen MR) is 220 cm³/mol. The van der Waals surface area contributed by atoms with Crippen LogP contribution in [0.15, 0.2) is 96.1 Å². The highest BCUT2D eigenvalue weighted by Gasteiger charge is 2.78. The molecule has 3 aromatic carbocycles. The van der Waals surface area contributed by atoms with Crippen molar-refractivity contribution < 1.29 is 67.8 Å². The van der Waals surface area contributed by atoms with E-state index in [1.807, 2.05) is 0 Å². The third kappa shape index (κ3) is 6.70. The van der Waals surface area contributed by atoms with Crippen molar-refractivity contribution >= 4 is 35.6 Å². The van der Waals surface area contributed by atoms with E-state index in [4.69, 9.17) is 23.7 Å². The fraction of sp³-hybridized carbons (Fsp3) is 0.458. The molecule has 1 saturated heterocycles. The lowest BCUT2D eigenvalue weighted by molar-refractivity contribution is -0.346. The molecule has 8 rings (SSSR count). The van der Waals surface area contributed by atoms with Crippen molar-refractivity contribution in [3.8, 4) is 0 Å². The molecule has 4 aliphatic carbocycles. The SMILES string of the molecule is CC(=O)O[C@H]1C(=O)[C@@]2(C)C(C(OC(=O)c3ccccc3)[C@]3(O)C[C@H](OC(=O)[C@@]4(O)Cc5ccccc5[C@@H]4NC(=O)c4ccccc4)C(C)=C1C3(C)C)[C@]1(OC(C)=O)CO[C@@H]1C[C@@H]2O. The molecule has 5 aliphatic rings. The number of ketones is 1. The van der Waals surface area contributed by atoms with Gasteiger partial charge in [0.05, 0.1) is 35.6 Å². The van der Waals surface area contributed by atoms with Crippen LogP contribution in [0.4, 0.5) is 0 Å². The lowest BCUT2D eigenvalue weighted by atomic mass is 9.44. The normalized spacial score (nSPS) is 34.9. The number of amides is 1. The van der Waals surface area contributed by atoms with Crippen molar-refractivity contribution in [2.75, 3.05) is 6.61 Å². The predicted octanol–water partition coefficient (Wildman–Crippen LogP) is 3.66. The van der Waals surface area contributed by atoms with Gasteiger partial charge in [-0.3, -0.25) is 19.2 Å². The Labute approximate surface area is 363 Å². The minimum atomic E-state index is -2.40. The Balaban J connectivity index is 1.29. The average molecular weight is 866 g/mol. The van der Waals surface area contributed by atoms with Gasteiger partial charge in [0.1, 0.15) is 23.9 Å². The van der Waals surface area contributed by atoms with E-state index in [2.05, 4.69) is 5.32 Å². The van der Waals surface area contributed by atoms with Gasteiger partial charge in [-0.25, -0.2) is 9.59 Å². The molecule has 15 nitrogen and oxygen atoms in total. The van der Waals surface area contributed by atoms with Crippen LogP contribution in [0.25, 0.3) is 0 Å².